The van der Waals surface area contributed by atoms with Crippen molar-refractivity contribution >= 4 is 27.7 Å². The highest BCUT2D eigenvalue weighted by Crippen LogP contribution is 2.33. The van der Waals surface area contributed by atoms with E-state index in [-0.39, 0.29) is 12.2 Å². The molecule has 0 amide bonds. The third-order valence-electron chi connectivity index (χ3n) is 2.56. The monoisotopic (exact) mass is 314 g/mol. The van der Waals surface area contributed by atoms with Crippen molar-refractivity contribution in [3.8, 4) is 5.75 Å². The average Bonchev–Trinajstić information content (AvgIpc) is 2.32. The molecule has 98 valence electrons. The SMILES string of the molecule is CCOC(=O)C(=O)c1c(C)cc(Br)c(C)c1OC. The van der Waals surface area contributed by atoms with Gasteiger partial charge in [0.25, 0.3) is 5.78 Å². The number of esters is 1. The van der Waals surface area contributed by atoms with E-state index in [2.05, 4.69) is 15.9 Å². The smallest absolute Gasteiger partial charge is 0.379 e. The summed E-state index contributed by atoms with van der Waals surface area (Å²) in [4.78, 5) is 23.5. The first-order chi connectivity index (χ1) is 8.43. The molecule has 0 saturated heterocycles. The van der Waals surface area contributed by atoms with Crippen LogP contribution in [-0.4, -0.2) is 25.5 Å². The van der Waals surface area contributed by atoms with Crippen molar-refractivity contribution in [1.82, 2.24) is 0 Å². The fourth-order valence-corrected chi connectivity index (χ4v) is 2.21. The molecule has 0 atom stereocenters. The Labute approximate surface area is 114 Å². The molecule has 0 saturated carbocycles. The third kappa shape index (κ3) is 2.72. The lowest BCUT2D eigenvalue weighted by atomic mass is 10.00. The second-order valence-corrected chi connectivity index (χ2v) is 4.61. The molecule has 0 fully saturated rings. The van der Waals surface area contributed by atoms with Crippen LogP contribution in [0.15, 0.2) is 10.5 Å². The zero-order chi connectivity index (χ0) is 13.9. The number of ether oxygens (including phenoxy) is 2. The highest BCUT2D eigenvalue weighted by Gasteiger charge is 2.25. The molecule has 0 N–H and O–H groups in total. The number of rotatable bonds is 4. The van der Waals surface area contributed by atoms with Crippen molar-refractivity contribution in [2.75, 3.05) is 13.7 Å². The molecule has 1 aromatic carbocycles. The predicted octanol–water partition coefficient (Wildman–Crippen LogP) is 2.82. The summed E-state index contributed by atoms with van der Waals surface area (Å²) in [6.45, 7) is 5.38. The number of ketones is 1. The van der Waals surface area contributed by atoms with Gasteiger partial charge in [-0.25, -0.2) is 4.79 Å². The van der Waals surface area contributed by atoms with Crippen LogP contribution in [0.2, 0.25) is 0 Å². The Morgan fingerprint density at radius 2 is 1.94 bits per heavy atom. The van der Waals surface area contributed by atoms with Gasteiger partial charge in [-0.15, -0.1) is 0 Å². The van der Waals surface area contributed by atoms with Gasteiger partial charge >= 0.3 is 5.97 Å². The zero-order valence-corrected chi connectivity index (χ0v) is 12.4. The lowest BCUT2D eigenvalue weighted by Crippen LogP contribution is -2.19. The molecule has 1 aromatic rings. The van der Waals surface area contributed by atoms with Gasteiger partial charge in [-0.2, -0.15) is 0 Å². The van der Waals surface area contributed by atoms with Gasteiger partial charge < -0.3 is 9.47 Å². The van der Waals surface area contributed by atoms with Crippen LogP contribution in [0.4, 0.5) is 0 Å². The van der Waals surface area contributed by atoms with E-state index in [1.54, 1.807) is 19.9 Å². The zero-order valence-electron chi connectivity index (χ0n) is 10.8. The maximum atomic E-state index is 12.0. The van der Waals surface area contributed by atoms with Crippen molar-refractivity contribution in [1.29, 1.82) is 0 Å². The number of hydrogen-bond donors (Lipinski definition) is 0. The van der Waals surface area contributed by atoms with E-state index >= 15 is 0 Å². The first-order valence-electron chi connectivity index (χ1n) is 5.49. The quantitative estimate of drug-likeness (QED) is 0.487. The first-order valence-corrected chi connectivity index (χ1v) is 6.28. The Balaban J connectivity index is 3.36. The molecule has 5 heteroatoms. The Hall–Kier alpha value is -1.36. The van der Waals surface area contributed by atoms with Gasteiger partial charge in [-0.1, -0.05) is 15.9 Å². The molecule has 0 aromatic heterocycles. The average molecular weight is 315 g/mol. The van der Waals surface area contributed by atoms with Crippen LogP contribution < -0.4 is 4.74 Å². The van der Waals surface area contributed by atoms with E-state index in [1.165, 1.54) is 7.11 Å². The van der Waals surface area contributed by atoms with Gasteiger partial charge in [0.05, 0.1) is 19.3 Å². The van der Waals surface area contributed by atoms with E-state index in [0.717, 1.165) is 10.0 Å². The van der Waals surface area contributed by atoms with E-state index in [1.807, 2.05) is 6.92 Å². The van der Waals surface area contributed by atoms with E-state index in [0.29, 0.717) is 11.3 Å². The Kier molecular flexibility index (Phi) is 4.90. The van der Waals surface area contributed by atoms with Gasteiger partial charge in [-0.3, -0.25) is 4.79 Å². The minimum atomic E-state index is -0.861. The molecule has 0 aliphatic rings. The van der Waals surface area contributed by atoms with Crippen molar-refractivity contribution in [3.05, 3.63) is 27.2 Å². The summed E-state index contributed by atoms with van der Waals surface area (Å²) in [5.74, 6) is -1.14. The summed E-state index contributed by atoms with van der Waals surface area (Å²) >= 11 is 3.38. The fourth-order valence-electron chi connectivity index (χ4n) is 1.68. The maximum Gasteiger partial charge on any atom is 0.379 e. The number of halogens is 1. The minimum Gasteiger partial charge on any atom is -0.496 e. The van der Waals surface area contributed by atoms with Crippen LogP contribution in [-0.2, 0) is 9.53 Å². The topological polar surface area (TPSA) is 52.6 Å². The van der Waals surface area contributed by atoms with Crippen molar-refractivity contribution < 1.29 is 19.1 Å². The summed E-state index contributed by atoms with van der Waals surface area (Å²) in [5, 5.41) is 0. The highest BCUT2D eigenvalue weighted by molar-refractivity contribution is 9.10. The second-order valence-electron chi connectivity index (χ2n) is 3.76. The minimum absolute atomic E-state index is 0.168. The molecule has 0 spiro atoms. The number of aryl methyl sites for hydroxylation is 1. The van der Waals surface area contributed by atoms with Crippen LogP contribution in [0.1, 0.15) is 28.4 Å². The standard InChI is InChI=1S/C13H15BrO4/c1-5-18-13(16)11(15)10-7(2)6-9(14)8(3)12(10)17-4/h6H,5H2,1-4H3. The predicted molar refractivity (Wildman–Crippen MR) is 71.1 cm³/mol. The largest absolute Gasteiger partial charge is 0.496 e. The molecule has 0 radical (unpaired) electrons. The van der Waals surface area contributed by atoms with Crippen LogP contribution in [0.3, 0.4) is 0 Å². The molecular formula is C13H15BrO4. The molecule has 1 rings (SSSR count). The van der Waals surface area contributed by atoms with Gasteiger partial charge in [0.2, 0.25) is 0 Å². The summed E-state index contributed by atoms with van der Waals surface area (Å²) < 4.78 is 10.8. The Morgan fingerprint density at radius 1 is 1.33 bits per heavy atom. The number of hydrogen-bond acceptors (Lipinski definition) is 4. The normalized spacial score (nSPS) is 10.1. The van der Waals surface area contributed by atoms with Gasteiger partial charge in [0.15, 0.2) is 0 Å². The van der Waals surface area contributed by atoms with Crippen LogP contribution in [0, 0.1) is 13.8 Å². The van der Waals surface area contributed by atoms with Crippen molar-refractivity contribution in [3.63, 3.8) is 0 Å². The fraction of sp³-hybridized carbons (Fsp3) is 0.385. The molecule has 0 aliphatic heterocycles. The van der Waals surface area contributed by atoms with Gasteiger partial charge in [-0.05, 0) is 32.4 Å². The maximum absolute atomic E-state index is 12.0. The van der Waals surface area contributed by atoms with Crippen LogP contribution >= 0.6 is 15.9 Å². The summed E-state index contributed by atoms with van der Waals surface area (Å²) in [6, 6.07) is 1.78. The van der Waals surface area contributed by atoms with Crippen LogP contribution in [0.5, 0.6) is 5.75 Å². The molecule has 0 bridgehead atoms. The number of benzene rings is 1. The number of carbonyl (C=O) groups excluding carboxylic acids is 2. The lowest BCUT2D eigenvalue weighted by molar-refractivity contribution is -0.137. The van der Waals surface area contributed by atoms with Crippen molar-refractivity contribution in [2.24, 2.45) is 0 Å². The summed E-state index contributed by atoms with van der Waals surface area (Å²) in [6.07, 6.45) is 0. The number of methoxy groups -OCH3 is 1. The second kappa shape index (κ2) is 6.00. The highest BCUT2D eigenvalue weighted by atomic mass is 79.9. The van der Waals surface area contributed by atoms with Gasteiger partial charge in [0.1, 0.15) is 5.75 Å². The van der Waals surface area contributed by atoms with Gasteiger partial charge in [0, 0.05) is 10.0 Å². The van der Waals surface area contributed by atoms with E-state index in [9.17, 15) is 9.59 Å². The van der Waals surface area contributed by atoms with E-state index < -0.39 is 11.8 Å². The molecule has 0 unspecified atom stereocenters. The Bertz CT molecular complexity index is 494. The summed E-state index contributed by atoms with van der Waals surface area (Å²) in [5.41, 5.74) is 1.70. The third-order valence-corrected chi connectivity index (χ3v) is 3.38. The molecule has 18 heavy (non-hydrogen) atoms. The molecule has 4 nitrogen and oxygen atoms in total. The molecule has 0 heterocycles. The molecular weight excluding hydrogens is 300 g/mol. The summed E-state index contributed by atoms with van der Waals surface area (Å²) in [7, 11) is 1.47. The van der Waals surface area contributed by atoms with Crippen LogP contribution in [0.25, 0.3) is 0 Å². The Morgan fingerprint density at radius 3 is 2.44 bits per heavy atom. The van der Waals surface area contributed by atoms with E-state index in [4.69, 9.17) is 9.47 Å². The van der Waals surface area contributed by atoms with Crippen molar-refractivity contribution in [2.45, 2.75) is 20.8 Å². The number of carbonyl (C=O) groups is 2. The first kappa shape index (κ1) is 14.7. The molecule has 0 aliphatic carbocycles. The number of Topliss-reactive ketones (excluding diaryl/α,β-unsaturated/α-hetero) is 1. The lowest BCUT2D eigenvalue weighted by Gasteiger charge is -2.14.